The van der Waals surface area contributed by atoms with Gasteiger partial charge in [0.05, 0.1) is 0 Å². The number of rotatable bonds is 16. The summed E-state index contributed by atoms with van der Waals surface area (Å²) in [5.41, 5.74) is 0. The van der Waals surface area contributed by atoms with Crippen LogP contribution in [0.15, 0.2) is 0 Å². The Labute approximate surface area is 267 Å². The molecule has 0 bridgehead atoms. The zero-order chi connectivity index (χ0) is 25.6. The fraction of sp³-hybridized carbons (Fsp3) is 1.00. The van der Waals surface area contributed by atoms with E-state index in [2.05, 4.69) is 0 Å². The maximum Gasteiger partial charge on any atom is 0.339 e. The molecule has 0 aliphatic heterocycles. The van der Waals surface area contributed by atoms with Crippen molar-refractivity contribution >= 4 is 127 Å². The molecule has 0 rings (SSSR count). The van der Waals surface area contributed by atoms with Gasteiger partial charge >= 0.3 is 38.0 Å². The number of hydrogen-bond donors (Lipinski definition) is 10. The average molecular weight is 642 g/mol. The second kappa shape index (κ2) is 18.9. The molecule has 0 fully saturated rings. The van der Waals surface area contributed by atoms with Crippen LogP contribution in [0.25, 0.3) is 0 Å². The Kier molecular flexibility index (Phi) is 24.7. The molecule has 0 saturated heterocycles. The molecule has 3 radical (unpaired) electrons. The van der Waals surface area contributed by atoms with Gasteiger partial charge in [0, 0.05) is 115 Å². The topological polar surface area (TPSA) is 297 Å². The average Bonchev–Trinajstić information content (AvgIpc) is 2.41. The Hall–Kier alpha value is 3.63. The molecule has 0 spiro atoms. The Morgan fingerprint density at radius 1 is 0.343 bits per heavy atom. The van der Waals surface area contributed by atoms with E-state index in [-0.39, 0.29) is 88.7 Å². The van der Waals surface area contributed by atoms with Crippen LogP contribution in [0.5, 0.6) is 0 Å². The number of hydrogen-bond acceptors (Lipinski definition) is 8. The van der Waals surface area contributed by atoms with Crippen LogP contribution >= 0.6 is 38.0 Å². The Morgan fingerprint density at radius 2 is 0.486 bits per heavy atom. The minimum Gasteiger partial charge on any atom is -0.324 e. The van der Waals surface area contributed by atoms with E-state index in [9.17, 15) is 32.6 Å². The zero-order valence-electron chi connectivity index (χ0n) is 19.5. The monoisotopic (exact) mass is 642 g/mol. The predicted molar refractivity (Wildman–Crippen MR) is 127 cm³/mol. The van der Waals surface area contributed by atoms with Crippen LogP contribution in [0.2, 0.25) is 0 Å². The third-order valence-electron chi connectivity index (χ3n) is 3.39. The molecule has 0 saturated carbocycles. The third kappa shape index (κ3) is 32.0. The van der Waals surface area contributed by atoms with Gasteiger partial charge in [0.15, 0.2) is 0 Å². The van der Waals surface area contributed by atoms with Crippen LogP contribution < -0.4 is 0 Å². The summed E-state index contributed by atoms with van der Waals surface area (Å²) in [6.07, 6.45) is -5.21. The quantitative estimate of drug-likeness (QED) is 0.0575. The Balaban J connectivity index is -0.00000160. The minimum absolute atomic E-state index is 0. The molecule has 197 valence electrons. The summed E-state index contributed by atoms with van der Waals surface area (Å²) in [5, 5.41) is 0. The SMILES string of the molecule is O=P(O)(O)CN(CCN(CP(=O)(O)O)CP(=O)(O)O)CCN(CP(=O)(O)O)CP(=O)(O)O.[Na].[Na].[Na]. The van der Waals surface area contributed by atoms with Crippen molar-refractivity contribution in [2.75, 3.05) is 57.6 Å². The zero-order valence-corrected chi connectivity index (χ0v) is 29.9. The smallest absolute Gasteiger partial charge is 0.324 e. The van der Waals surface area contributed by atoms with Gasteiger partial charge in [0.2, 0.25) is 0 Å². The second-order valence-corrected chi connectivity index (χ2v) is 15.0. The van der Waals surface area contributed by atoms with Crippen molar-refractivity contribution in [1.29, 1.82) is 0 Å². The molecule has 0 aliphatic carbocycles. The normalized spacial score (nSPS) is 13.4. The summed E-state index contributed by atoms with van der Waals surface area (Å²) < 4.78 is 56.1. The van der Waals surface area contributed by atoms with Crippen molar-refractivity contribution < 1.29 is 71.8 Å². The first kappa shape index (κ1) is 45.6. The molecule has 18 nitrogen and oxygen atoms in total. The largest absolute Gasteiger partial charge is 0.339 e. The van der Waals surface area contributed by atoms with Gasteiger partial charge in [-0.05, 0) is 0 Å². The molecule has 0 heterocycles. The van der Waals surface area contributed by atoms with Crippen molar-refractivity contribution in [1.82, 2.24) is 14.7 Å². The van der Waals surface area contributed by atoms with Gasteiger partial charge in [-0.2, -0.15) is 0 Å². The van der Waals surface area contributed by atoms with Crippen LogP contribution in [0.1, 0.15) is 0 Å². The van der Waals surface area contributed by atoms with Crippen molar-refractivity contribution in [3.8, 4) is 0 Å². The second-order valence-electron chi connectivity index (χ2n) is 6.94. The minimum atomic E-state index is -4.76. The fourth-order valence-corrected chi connectivity index (χ4v) is 6.66. The van der Waals surface area contributed by atoms with E-state index in [0.717, 1.165) is 4.90 Å². The molecule has 0 unspecified atom stereocenters. The molecule has 35 heavy (non-hydrogen) atoms. The standard InChI is InChI=1S/C9H28N3O15P5.3Na/c13-28(14,15)5-10(1-3-11(6-29(16,17)18)7-30(19,20)21)2-4-12(8-31(22,23)24)9-32(25,26)27;;;/h1-9H2,(H2,13,14,15)(H2,16,17,18)(H2,19,20,21)(H2,22,23,24)(H2,25,26,27);;;. The Morgan fingerprint density at radius 3 is 0.657 bits per heavy atom. The molecule has 0 aliphatic rings. The predicted octanol–water partition coefficient (Wildman–Crippen LogP) is -3.57. The van der Waals surface area contributed by atoms with E-state index in [0.29, 0.717) is 9.80 Å². The van der Waals surface area contributed by atoms with Gasteiger partial charge in [0.1, 0.15) is 31.4 Å². The summed E-state index contributed by atoms with van der Waals surface area (Å²) in [4.78, 5) is 93.2. The maximum atomic E-state index is 11.4. The summed E-state index contributed by atoms with van der Waals surface area (Å²) in [6, 6.07) is 0. The van der Waals surface area contributed by atoms with Crippen molar-refractivity contribution in [2.24, 2.45) is 0 Å². The fourth-order valence-electron chi connectivity index (χ4n) is 2.49. The van der Waals surface area contributed by atoms with Gasteiger partial charge in [-0.15, -0.1) is 0 Å². The van der Waals surface area contributed by atoms with E-state index >= 15 is 0 Å². The molecular formula is C9H28N3Na3O15P5. The van der Waals surface area contributed by atoms with Crippen LogP contribution in [0, 0.1) is 0 Å². The molecule has 0 aromatic heterocycles. The van der Waals surface area contributed by atoms with Gasteiger partial charge < -0.3 is 48.9 Å². The first-order chi connectivity index (χ1) is 13.9. The van der Waals surface area contributed by atoms with Crippen LogP contribution in [-0.2, 0) is 22.8 Å². The molecule has 10 N–H and O–H groups in total. The molecule has 0 amide bonds. The molecule has 0 aromatic carbocycles. The van der Waals surface area contributed by atoms with Crippen LogP contribution in [0.4, 0.5) is 0 Å². The summed E-state index contributed by atoms with van der Waals surface area (Å²) >= 11 is 0. The first-order valence-corrected chi connectivity index (χ1v) is 17.3. The summed E-state index contributed by atoms with van der Waals surface area (Å²) in [6.45, 7) is -1.78. The van der Waals surface area contributed by atoms with Crippen molar-refractivity contribution in [3.05, 3.63) is 0 Å². The van der Waals surface area contributed by atoms with Gasteiger partial charge in [-0.1, -0.05) is 0 Å². The van der Waals surface area contributed by atoms with E-state index in [1.807, 2.05) is 0 Å². The van der Waals surface area contributed by atoms with E-state index in [4.69, 9.17) is 39.1 Å². The molecule has 0 aromatic rings. The molecular weight excluding hydrogens is 614 g/mol. The molecule has 0 atom stereocenters. The van der Waals surface area contributed by atoms with Gasteiger partial charge in [0.25, 0.3) is 0 Å². The maximum absolute atomic E-state index is 11.4. The Bertz CT molecular complexity index is 735. The molecule has 26 heteroatoms. The van der Waals surface area contributed by atoms with Crippen LogP contribution in [-0.4, -0.2) is 210 Å². The van der Waals surface area contributed by atoms with Crippen molar-refractivity contribution in [2.45, 2.75) is 0 Å². The van der Waals surface area contributed by atoms with Crippen LogP contribution in [0.3, 0.4) is 0 Å². The first-order valence-electron chi connectivity index (χ1n) is 8.34. The van der Waals surface area contributed by atoms with E-state index in [1.165, 1.54) is 0 Å². The summed E-state index contributed by atoms with van der Waals surface area (Å²) in [5.74, 6) is 0. The third-order valence-corrected chi connectivity index (χ3v) is 7.23. The van der Waals surface area contributed by atoms with Gasteiger partial charge in [-0.3, -0.25) is 37.5 Å². The number of nitrogens with zero attached hydrogens (tertiary/aromatic N) is 3. The van der Waals surface area contributed by atoms with E-state index < -0.39 is 95.6 Å². The van der Waals surface area contributed by atoms with Crippen molar-refractivity contribution in [3.63, 3.8) is 0 Å². The van der Waals surface area contributed by atoms with E-state index in [1.54, 1.807) is 0 Å². The summed E-state index contributed by atoms with van der Waals surface area (Å²) in [7, 11) is -23.8. The van der Waals surface area contributed by atoms with Gasteiger partial charge in [-0.25, -0.2) is 0 Å².